The zero-order valence-corrected chi connectivity index (χ0v) is 14.6. The molecule has 0 aliphatic rings. The van der Waals surface area contributed by atoms with Crippen molar-refractivity contribution in [1.82, 2.24) is 0 Å². The summed E-state index contributed by atoms with van der Waals surface area (Å²) in [5, 5.41) is 8.44. The van der Waals surface area contributed by atoms with E-state index >= 15 is 0 Å². The molecule has 0 atom stereocenters. The van der Waals surface area contributed by atoms with E-state index in [1.54, 1.807) is 0 Å². The molecule has 3 heteroatoms. The molecule has 1 rings (SSSR count). The number of ether oxygens (including phenoxy) is 2. The lowest BCUT2D eigenvalue weighted by Gasteiger charge is -2.07. The Morgan fingerprint density at radius 1 is 0.870 bits per heavy atom. The Hall–Kier alpha value is -1.53. The molecule has 0 aliphatic carbocycles. The Morgan fingerprint density at radius 2 is 1.61 bits per heavy atom. The highest BCUT2D eigenvalue weighted by Crippen LogP contribution is 2.14. The van der Waals surface area contributed by atoms with Crippen LogP contribution in [0, 0.1) is 11.3 Å². The van der Waals surface area contributed by atoms with Gasteiger partial charge < -0.3 is 9.47 Å². The molecule has 0 radical (unpaired) electrons. The lowest BCUT2D eigenvalue weighted by atomic mass is 10.1. The quantitative estimate of drug-likeness (QED) is 0.438. The van der Waals surface area contributed by atoms with Crippen LogP contribution in [-0.2, 0) is 11.2 Å². The predicted molar refractivity (Wildman–Crippen MR) is 94.7 cm³/mol. The van der Waals surface area contributed by atoms with Crippen LogP contribution in [-0.4, -0.2) is 19.8 Å². The van der Waals surface area contributed by atoms with Crippen molar-refractivity contribution in [1.29, 1.82) is 5.26 Å². The topological polar surface area (TPSA) is 42.2 Å². The van der Waals surface area contributed by atoms with Crippen LogP contribution in [0.3, 0.4) is 0 Å². The van der Waals surface area contributed by atoms with Gasteiger partial charge in [-0.05, 0) is 49.8 Å². The van der Waals surface area contributed by atoms with Crippen molar-refractivity contribution >= 4 is 0 Å². The van der Waals surface area contributed by atoms with Gasteiger partial charge in [0.05, 0.1) is 12.7 Å². The summed E-state index contributed by atoms with van der Waals surface area (Å²) >= 11 is 0. The van der Waals surface area contributed by atoms with E-state index < -0.39 is 0 Å². The summed E-state index contributed by atoms with van der Waals surface area (Å²) in [7, 11) is 0. The molecule has 1 aromatic rings. The lowest BCUT2D eigenvalue weighted by Crippen LogP contribution is -1.99. The van der Waals surface area contributed by atoms with Crippen molar-refractivity contribution in [2.24, 2.45) is 0 Å². The van der Waals surface area contributed by atoms with Gasteiger partial charge in [0, 0.05) is 19.6 Å². The van der Waals surface area contributed by atoms with Crippen LogP contribution in [0.2, 0.25) is 0 Å². The Balaban J connectivity index is 2.01. The number of nitriles is 1. The van der Waals surface area contributed by atoms with Gasteiger partial charge >= 0.3 is 0 Å². The first-order chi connectivity index (χ1) is 11.4. The molecule has 23 heavy (non-hydrogen) atoms. The number of hydrogen-bond donors (Lipinski definition) is 0. The second-order valence-corrected chi connectivity index (χ2v) is 5.88. The third-order valence-electron chi connectivity index (χ3n) is 3.77. The van der Waals surface area contributed by atoms with E-state index in [9.17, 15) is 0 Å². The van der Waals surface area contributed by atoms with Crippen molar-refractivity contribution in [2.45, 2.75) is 64.7 Å². The van der Waals surface area contributed by atoms with Crippen LogP contribution in [0.1, 0.15) is 63.9 Å². The summed E-state index contributed by atoms with van der Waals surface area (Å²) in [6, 6.07) is 10.6. The highest BCUT2D eigenvalue weighted by Gasteiger charge is 1.97. The minimum absolute atomic E-state index is 0.665. The summed E-state index contributed by atoms with van der Waals surface area (Å²) in [6.07, 6.45) is 9.50. The Bertz CT molecular complexity index is 422. The molecule has 0 heterocycles. The zero-order valence-electron chi connectivity index (χ0n) is 14.6. The number of hydrogen-bond acceptors (Lipinski definition) is 3. The van der Waals surface area contributed by atoms with Crippen LogP contribution in [0.25, 0.3) is 0 Å². The van der Waals surface area contributed by atoms with E-state index in [-0.39, 0.29) is 0 Å². The average molecular weight is 317 g/mol. The Kier molecular flexibility index (Phi) is 12.0. The normalized spacial score (nSPS) is 10.4. The molecule has 0 aromatic heterocycles. The zero-order chi connectivity index (χ0) is 16.6. The number of nitrogens with zero attached hydrogens (tertiary/aromatic N) is 1. The van der Waals surface area contributed by atoms with Crippen LogP contribution >= 0.6 is 0 Å². The van der Waals surface area contributed by atoms with Gasteiger partial charge in [0.1, 0.15) is 5.75 Å². The molecule has 0 amide bonds. The Labute approximate surface area is 141 Å². The summed E-state index contributed by atoms with van der Waals surface area (Å²) in [6.45, 7) is 4.65. The van der Waals surface area contributed by atoms with Crippen LogP contribution in [0.4, 0.5) is 0 Å². The van der Waals surface area contributed by atoms with Gasteiger partial charge in [-0.25, -0.2) is 0 Å². The number of aryl methyl sites for hydroxylation is 1. The third kappa shape index (κ3) is 10.8. The van der Waals surface area contributed by atoms with Crippen LogP contribution in [0.15, 0.2) is 24.3 Å². The first-order valence-corrected chi connectivity index (χ1v) is 9.03. The number of unbranched alkanes of at least 4 members (excludes halogenated alkanes) is 5. The molecular weight excluding hydrogens is 286 g/mol. The molecule has 0 fully saturated rings. The summed E-state index contributed by atoms with van der Waals surface area (Å²) < 4.78 is 11.3. The maximum Gasteiger partial charge on any atom is 0.119 e. The van der Waals surface area contributed by atoms with Gasteiger partial charge in [0.15, 0.2) is 0 Å². The fourth-order valence-corrected chi connectivity index (χ4v) is 2.36. The van der Waals surface area contributed by atoms with Crippen molar-refractivity contribution in [3.05, 3.63) is 29.8 Å². The van der Waals surface area contributed by atoms with Crippen molar-refractivity contribution in [3.8, 4) is 11.8 Å². The molecule has 0 bridgehead atoms. The standard InChI is InChI=1S/C20H31NO2/c1-2-3-7-18-23-20-13-11-19(12-14-20)10-9-17-22-16-8-5-4-6-15-21/h11-14H,2-10,16-18H2,1H3. The molecule has 0 saturated heterocycles. The van der Waals surface area contributed by atoms with Gasteiger partial charge in [-0.2, -0.15) is 5.26 Å². The third-order valence-corrected chi connectivity index (χ3v) is 3.77. The molecule has 3 nitrogen and oxygen atoms in total. The molecular formula is C20H31NO2. The maximum atomic E-state index is 8.44. The Morgan fingerprint density at radius 3 is 2.35 bits per heavy atom. The highest BCUT2D eigenvalue weighted by molar-refractivity contribution is 5.27. The minimum atomic E-state index is 0.665. The highest BCUT2D eigenvalue weighted by atomic mass is 16.5. The summed E-state index contributed by atoms with van der Waals surface area (Å²) in [5.74, 6) is 0.971. The smallest absolute Gasteiger partial charge is 0.119 e. The molecule has 0 saturated carbocycles. The molecule has 1 aromatic carbocycles. The van der Waals surface area contributed by atoms with E-state index in [1.807, 2.05) is 0 Å². The number of benzene rings is 1. The first kappa shape index (κ1) is 19.5. The lowest BCUT2D eigenvalue weighted by molar-refractivity contribution is 0.128. The van der Waals surface area contributed by atoms with E-state index in [2.05, 4.69) is 37.3 Å². The fraction of sp³-hybridized carbons (Fsp3) is 0.650. The first-order valence-electron chi connectivity index (χ1n) is 9.03. The second kappa shape index (κ2) is 14.1. The van der Waals surface area contributed by atoms with Gasteiger partial charge in [0.2, 0.25) is 0 Å². The van der Waals surface area contributed by atoms with Crippen molar-refractivity contribution in [3.63, 3.8) is 0 Å². The largest absolute Gasteiger partial charge is 0.494 e. The predicted octanol–water partition coefficient (Wildman–Crippen LogP) is 5.29. The average Bonchev–Trinajstić information content (AvgIpc) is 2.58. The van der Waals surface area contributed by atoms with Gasteiger partial charge in [0.25, 0.3) is 0 Å². The molecule has 0 unspecified atom stereocenters. The van der Waals surface area contributed by atoms with Crippen molar-refractivity contribution in [2.75, 3.05) is 19.8 Å². The number of rotatable bonds is 14. The van der Waals surface area contributed by atoms with Gasteiger partial charge in [-0.3, -0.25) is 0 Å². The van der Waals surface area contributed by atoms with Gasteiger partial charge in [-0.15, -0.1) is 0 Å². The maximum absolute atomic E-state index is 8.44. The van der Waals surface area contributed by atoms with Crippen LogP contribution < -0.4 is 4.74 Å². The van der Waals surface area contributed by atoms with Crippen LogP contribution in [0.5, 0.6) is 5.75 Å². The van der Waals surface area contributed by atoms with E-state index in [0.29, 0.717) is 6.42 Å². The summed E-state index contributed by atoms with van der Waals surface area (Å²) in [4.78, 5) is 0. The minimum Gasteiger partial charge on any atom is -0.494 e. The fourth-order valence-electron chi connectivity index (χ4n) is 2.36. The van der Waals surface area contributed by atoms with E-state index in [0.717, 1.165) is 64.1 Å². The van der Waals surface area contributed by atoms with Crippen molar-refractivity contribution < 1.29 is 9.47 Å². The molecule has 0 spiro atoms. The monoisotopic (exact) mass is 317 g/mol. The van der Waals surface area contributed by atoms with E-state index in [4.69, 9.17) is 14.7 Å². The summed E-state index contributed by atoms with van der Waals surface area (Å²) in [5.41, 5.74) is 1.34. The molecule has 0 N–H and O–H groups in total. The SMILES string of the molecule is CCCCCOc1ccc(CCCOCCCCCC#N)cc1. The van der Waals surface area contributed by atoms with E-state index in [1.165, 1.54) is 18.4 Å². The molecule has 0 aliphatic heterocycles. The van der Waals surface area contributed by atoms with Gasteiger partial charge in [-0.1, -0.05) is 38.3 Å². The molecule has 128 valence electrons. The second-order valence-electron chi connectivity index (χ2n) is 5.88.